The Balaban J connectivity index is 1.72. The van der Waals surface area contributed by atoms with Gasteiger partial charge in [0.1, 0.15) is 5.82 Å². The molecule has 0 spiro atoms. The lowest BCUT2D eigenvalue weighted by molar-refractivity contribution is -0.0591. The van der Waals surface area contributed by atoms with E-state index in [1.54, 1.807) is 12.1 Å². The topological polar surface area (TPSA) is 67.6 Å². The van der Waals surface area contributed by atoms with Gasteiger partial charge in [-0.3, -0.25) is 4.90 Å². The second kappa shape index (κ2) is 5.94. The number of aromatic carboxylic acids is 1. The van der Waals surface area contributed by atoms with Gasteiger partial charge in [0.2, 0.25) is 0 Å². The average Bonchev–Trinajstić information content (AvgIpc) is 3.10. The molecule has 3 heterocycles. The Morgan fingerprint density at radius 1 is 1.35 bits per heavy atom. The maximum absolute atomic E-state index is 11.3. The number of fused-ring (bicyclic) bond motifs is 1. The van der Waals surface area contributed by atoms with Gasteiger partial charge in [0, 0.05) is 6.61 Å². The maximum atomic E-state index is 11.3. The van der Waals surface area contributed by atoms with Crippen LogP contribution in [0.2, 0.25) is 0 Å². The van der Waals surface area contributed by atoms with E-state index in [0.717, 1.165) is 56.1 Å². The molecule has 1 N–H and O–H groups in total. The van der Waals surface area contributed by atoms with E-state index >= 15 is 0 Å². The Morgan fingerprint density at radius 2 is 2.13 bits per heavy atom. The van der Waals surface area contributed by atoms with Crippen LogP contribution in [0, 0.1) is 0 Å². The van der Waals surface area contributed by atoms with E-state index in [0.29, 0.717) is 5.56 Å². The number of carbonyl (C=O) groups is 1. The summed E-state index contributed by atoms with van der Waals surface area (Å²) in [6.07, 6.45) is 3.77. The minimum Gasteiger partial charge on any atom is -0.478 e. The van der Waals surface area contributed by atoms with Crippen LogP contribution in [0.5, 0.6) is 0 Å². The number of carboxylic acid groups (broad SMARTS) is 1. The molecule has 122 valence electrons. The molecule has 4 rings (SSSR count). The molecule has 2 fully saturated rings. The lowest BCUT2D eigenvalue weighted by Gasteiger charge is -2.28. The first-order chi connectivity index (χ1) is 11.2. The predicted molar refractivity (Wildman–Crippen MR) is 85.6 cm³/mol. The molecule has 2 aliphatic heterocycles. The van der Waals surface area contributed by atoms with Crippen LogP contribution < -0.4 is 0 Å². The molecule has 1 atom stereocenters. The van der Waals surface area contributed by atoms with Crippen molar-refractivity contribution in [3.05, 3.63) is 29.6 Å². The number of hydrogen-bond acceptors (Lipinski definition) is 4. The number of hydrogen-bond donors (Lipinski definition) is 1. The molecule has 2 aliphatic rings. The molecular formula is C17H21N3O3. The van der Waals surface area contributed by atoms with Crippen molar-refractivity contribution >= 4 is 17.0 Å². The zero-order chi connectivity index (χ0) is 15.8. The van der Waals surface area contributed by atoms with Crippen LogP contribution in [0.3, 0.4) is 0 Å². The summed E-state index contributed by atoms with van der Waals surface area (Å²) in [6.45, 7) is 4.62. The molecule has 0 amide bonds. The Morgan fingerprint density at radius 3 is 2.78 bits per heavy atom. The van der Waals surface area contributed by atoms with E-state index in [1.807, 2.05) is 6.07 Å². The normalized spacial score (nSPS) is 21.7. The van der Waals surface area contributed by atoms with Crippen molar-refractivity contribution in [1.82, 2.24) is 14.5 Å². The molecule has 1 aromatic carbocycles. The van der Waals surface area contributed by atoms with Gasteiger partial charge < -0.3 is 14.4 Å². The number of nitrogens with zero attached hydrogens (tertiary/aromatic N) is 3. The lowest BCUT2D eigenvalue weighted by Crippen LogP contribution is -2.32. The minimum absolute atomic E-state index is 0.221. The van der Waals surface area contributed by atoms with Crippen molar-refractivity contribution in [3.8, 4) is 0 Å². The first-order valence-electron chi connectivity index (χ1n) is 8.27. The highest BCUT2D eigenvalue weighted by Gasteiger charge is 2.23. The predicted octanol–water partition coefficient (Wildman–Crippen LogP) is 2.12. The van der Waals surface area contributed by atoms with Gasteiger partial charge in [0.05, 0.1) is 35.8 Å². The van der Waals surface area contributed by atoms with E-state index in [9.17, 15) is 9.90 Å². The van der Waals surface area contributed by atoms with Gasteiger partial charge in [0.25, 0.3) is 0 Å². The monoisotopic (exact) mass is 315 g/mol. The summed E-state index contributed by atoms with van der Waals surface area (Å²) in [4.78, 5) is 18.4. The van der Waals surface area contributed by atoms with Crippen LogP contribution in [0.15, 0.2) is 18.2 Å². The highest BCUT2D eigenvalue weighted by Crippen LogP contribution is 2.24. The van der Waals surface area contributed by atoms with Gasteiger partial charge in [0.15, 0.2) is 0 Å². The summed E-state index contributed by atoms with van der Waals surface area (Å²) in [7, 11) is 0. The van der Waals surface area contributed by atoms with E-state index in [-0.39, 0.29) is 6.10 Å². The minimum atomic E-state index is -0.902. The third-order valence-electron chi connectivity index (χ3n) is 4.82. The summed E-state index contributed by atoms with van der Waals surface area (Å²) in [6, 6.07) is 5.17. The van der Waals surface area contributed by atoms with Crippen molar-refractivity contribution < 1.29 is 14.6 Å². The molecule has 23 heavy (non-hydrogen) atoms. The van der Waals surface area contributed by atoms with Crippen molar-refractivity contribution in [2.24, 2.45) is 0 Å². The smallest absolute Gasteiger partial charge is 0.335 e. The fraction of sp³-hybridized carbons (Fsp3) is 0.529. The van der Waals surface area contributed by atoms with Gasteiger partial charge >= 0.3 is 5.97 Å². The van der Waals surface area contributed by atoms with Crippen LogP contribution in [-0.2, 0) is 17.8 Å². The quantitative estimate of drug-likeness (QED) is 0.915. The van der Waals surface area contributed by atoms with Crippen LogP contribution in [0.4, 0.5) is 0 Å². The first kappa shape index (κ1) is 14.7. The number of likely N-dealkylation sites (tertiary alicyclic amines) is 1. The summed E-state index contributed by atoms with van der Waals surface area (Å²) in [5.41, 5.74) is 2.07. The molecule has 0 aliphatic carbocycles. The highest BCUT2D eigenvalue weighted by molar-refractivity contribution is 5.92. The fourth-order valence-corrected chi connectivity index (χ4v) is 3.40. The van der Waals surface area contributed by atoms with E-state index in [4.69, 9.17) is 9.72 Å². The Labute approximate surface area is 134 Å². The van der Waals surface area contributed by atoms with Gasteiger partial charge in [-0.1, -0.05) is 0 Å². The molecule has 1 unspecified atom stereocenters. The van der Waals surface area contributed by atoms with Crippen molar-refractivity contribution in [2.75, 3.05) is 19.7 Å². The van der Waals surface area contributed by atoms with Gasteiger partial charge in [-0.2, -0.15) is 0 Å². The molecule has 1 aromatic heterocycles. The van der Waals surface area contributed by atoms with Crippen LogP contribution in [-0.4, -0.2) is 51.3 Å². The average molecular weight is 315 g/mol. The Hall–Kier alpha value is -1.92. The molecule has 0 saturated carbocycles. The number of ether oxygens (including phenoxy) is 1. The molecule has 6 heteroatoms. The number of carboxylic acids is 1. The standard InChI is InChI=1S/C17H21N3O3/c21-17(22)12-3-4-14-15(9-12)20(10-13-5-8-23-13)16(18-14)11-19-6-1-2-7-19/h3-4,9,13H,1-2,5-8,10-11H2,(H,21,22). The number of aromatic nitrogens is 2. The van der Waals surface area contributed by atoms with Gasteiger partial charge in [-0.25, -0.2) is 9.78 Å². The molecule has 0 radical (unpaired) electrons. The van der Waals surface area contributed by atoms with Crippen LogP contribution in [0.1, 0.15) is 35.4 Å². The zero-order valence-corrected chi connectivity index (χ0v) is 13.1. The first-order valence-corrected chi connectivity index (χ1v) is 8.27. The molecule has 2 aromatic rings. The number of imidazole rings is 1. The third-order valence-corrected chi connectivity index (χ3v) is 4.82. The molecule has 0 bridgehead atoms. The summed E-state index contributed by atoms with van der Waals surface area (Å²) in [5.74, 6) is 0.112. The fourth-order valence-electron chi connectivity index (χ4n) is 3.40. The SMILES string of the molecule is O=C(O)c1ccc2nc(CN3CCCC3)n(CC3CCO3)c2c1. The van der Waals surface area contributed by atoms with E-state index in [1.165, 1.54) is 12.8 Å². The summed E-state index contributed by atoms with van der Waals surface area (Å²) < 4.78 is 7.73. The van der Waals surface area contributed by atoms with Crippen LogP contribution in [0.25, 0.3) is 11.0 Å². The number of rotatable bonds is 5. The third kappa shape index (κ3) is 2.84. The largest absolute Gasteiger partial charge is 0.478 e. The number of benzene rings is 1. The van der Waals surface area contributed by atoms with Crippen molar-refractivity contribution in [2.45, 2.75) is 38.5 Å². The second-order valence-corrected chi connectivity index (χ2v) is 6.41. The lowest BCUT2D eigenvalue weighted by atomic mass is 10.1. The van der Waals surface area contributed by atoms with E-state index in [2.05, 4.69) is 9.47 Å². The van der Waals surface area contributed by atoms with Crippen LogP contribution >= 0.6 is 0 Å². The maximum Gasteiger partial charge on any atom is 0.335 e. The molecule has 6 nitrogen and oxygen atoms in total. The Bertz CT molecular complexity index is 730. The highest BCUT2D eigenvalue weighted by atomic mass is 16.5. The zero-order valence-electron chi connectivity index (χ0n) is 13.1. The molecular weight excluding hydrogens is 294 g/mol. The summed E-state index contributed by atoms with van der Waals surface area (Å²) >= 11 is 0. The second-order valence-electron chi connectivity index (χ2n) is 6.41. The van der Waals surface area contributed by atoms with Gasteiger partial charge in [-0.15, -0.1) is 0 Å². The van der Waals surface area contributed by atoms with Crippen molar-refractivity contribution in [1.29, 1.82) is 0 Å². The van der Waals surface area contributed by atoms with E-state index < -0.39 is 5.97 Å². The summed E-state index contributed by atoms with van der Waals surface area (Å²) in [5, 5.41) is 9.25. The van der Waals surface area contributed by atoms with Crippen molar-refractivity contribution in [3.63, 3.8) is 0 Å². The van der Waals surface area contributed by atoms with Gasteiger partial charge in [-0.05, 0) is 50.6 Å². The Kier molecular flexibility index (Phi) is 3.79. The molecule has 2 saturated heterocycles.